The number of rotatable bonds is 5. The van der Waals surface area contributed by atoms with E-state index in [4.69, 9.17) is 11.6 Å². The van der Waals surface area contributed by atoms with Gasteiger partial charge in [0.25, 0.3) is 5.91 Å². The van der Waals surface area contributed by atoms with Crippen LogP contribution in [0.3, 0.4) is 0 Å². The molecule has 0 unspecified atom stereocenters. The number of carbonyl (C=O) groups is 2. The van der Waals surface area contributed by atoms with Gasteiger partial charge in [-0.1, -0.05) is 48.0 Å². The van der Waals surface area contributed by atoms with Crippen molar-refractivity contribution in [3.63, 3.8) is 0 Å². The molecule has 0 aliphatic carbocycles. The Morgan fingerprint density at radius 1 is 1.14 bits per heavy atom. The number of carboxylic acids is 1. The van der Waals surface area contributed by atoms with Crippen LogP contribution in [0.2, 0.25) is 5.02 Å². The van der Waals surface area contributed by atoms with Crippen molar-refractivity contribution >= 4 is 50.8 Å². The Labute approximate surface area is 217 Å². The Morgan fingerprint density at radius 2 is 1.86 bits per heavy atom. The van der Waals surface area contributed by atoms with Crippen molar-refractivity contribution in [3.05, 3.63) is 70.7 Å². The molecule has 2 aromatic heterocycles. The number of anilines is 1. The number of carboxylic acid groups (broad SMARTS) is 1. The van der Waals surface area contributed by atoms with Gasteiger partial charge in [-0.2, -0.15) is 0 Å². The molecular weight excluding hydrogens is 437 g/mol. The molecule has 0 bridgehead atoms. The van der Waals surface area contributed by atoms with Crippen LogP contribution < -0.4 is 61.8 Å². The number of amides is 1. The van der Waals surface area contributed by atoms with Crippen LogP contribution in [0.25, 0.3) is 22.2 Å². The summed E-state index contributed by atoms with van der Waals surface area (Å²) < 4.78 is 1.42. The summed E-state index contributed by atoms with van der Waals surface area (Å²) in [5.74, 6) is -1.72. The summed E-state index contributed by atoms with van der Waals surface area (Å²) in [6, 6.07) is 16.1. The Hall–Kier alpha value is -1.52. The molecule has 2 aromatic carbocycles. The van der Waals surface area contributed by atoms with E-state index in [2.05, 4.69) is 10.3 Å². The zero-order chi connectivity index (χ0) is 19.7. The fraction of sp³-hybridized carbons (Fsp3) is 0.0500. The third-order valence-corrected chi connectivity index (χ3v) is 5.29. The summed E-state index contributed by atoms with van der Waals surface area (Å²) in [6.07, 6.45) is 0. The van der Waals surface area contributed by atoms with Crippen LogP contribution in [0.5, 0.6) is 0 Å². The summed E-state index contributed by atoms with van der Waals surface area (Å²) in [6.45, 7) is -0.418. The Kier molecular flexibility index (Phi) is 7.28. The molecule has 1 N–H and O–H groups in total. The molecule has 0 saturated carbocycles. The van der Waals surface area contributed by atoms with Gasteiger partial charge in [0.1, 0.15) is 5.69 Å². The Bertz CT molecular complexity index is 1200. The number of carbonyl (C=O) groups excluding carboxylic acids is 2. The van der Waals surface area contributed by atoms with Crippen molar-refractivity contribution in [2.75, 3.05) is 5.32 Å². The Morgan fingerprint density at radius 3 is 2.62 bits per heavy atom. The molecule has 0 saturated heterocycles. The fourth-order valence-corrected chi connectivity index (χ4v) is 3.92. The van der Waals surface area contributed by atoms with Crippen LogP contribution in [0.15, 0.2) is 60.0 Å². The molecule has 4 rings (SSSR count). The Balaban J connectivity index is 0.00000240. The average Bonchev–Trinajstić information content (AvgIpc) is 3.27. The van der Waals surface area contributed by atoms with E-state index in [9.17, 15) is 14.7 Å². The maximum Gasteiger partial charge on any atom is 1.00 e. The van der Waals surface area contributed by atoms with E-state index < -0.39 is 18.4 Å². The van der Waals surface area contributed by atoms with Gasteiger partial charge in [-0.3, -0.25) is 10.1 Å². The van der Waals surface area contributed by atoms with Gasteiger partial charge < -0.3 is 14.5 Å². The largest absolute Gasteiger partial charge is 1.00 e. The SMILES string of the molecule is O=C([O-])Cn1c(C(=O)Nc2nc(-c3ccccc3Cl)cs2)cc2ccccc21.[K+]. The molecule has 9 heteroatoms. The molecule has 29 heavy (non-hydrogen) atoms. The van der Waals surface area contributed by atoms with Gasteiger partial charge in [0, 0.05) is 26.9 Å². The molecule has 1 amide bonds. The molecule has 0 radical (unpaired) electrons. The number of para-hydroxylation sites is 1. The van der Waals surface area contributed by atoms with Gasteiger partial charge >= 0.3 is 51.4 Å². The summed E-state index contributed by atoms with van der Waals surface area (Å²) >= 11 is 7.46. The van der Waals surface area contributed by atoms with Gasteiger partial charge in [-0.05, 0) is 18.2 Å². The maximum atomic E-state index is 12.8. The van der Waals surface area contributed by atoms with E-state index in [1.165, 1.54) is 15.9 Å². The summed E-state index contributed by atoms with van der Waals surface area (Å²) in [7, 11) is 0. The third-order valence-electron chi connectivity index (χ3n) is 4.20. The number of fused-ring (bicyclic) bond motifs is 1. The molecule has 140 valence electrons. The smallest absolute Gasteiger partial charge is 0.548 e. The second-order valence-corrected chi connectivity index (χ2v) is 7.28. The second kappa shape index (κ2) is 9.52. The molecular formula is C20H13ClKN3O3S. The summed E-state index contributed by atoms with van der Waals surface area (Å²) in [4.78, 5) is 28.4. The minimum Gasteiger partial charge on any atom is -0.548 e. The van der Waals surface area contributed by atoms with Crippen LogP contribution in [0, 0.1) is 0 Å². The van der Waals surface area contributed by atoms with Crippen molar-refractivity contribution in [1.82, 2.24) is 9.55 Å². The zero-order valence-corrected chi connectivity index (χ0v) is 20.1. The van der Waals surface area contributed by atoms with E-state index >= 15 is 0 Å². The normalized spacial score (nSPS) is 10.5. The average molecular weight is 450 g/mol. The minimum atomic E-state index is -1.27. The molecule has 2 heterocycles. The van der Waals surface area contributed by atoms with Gasteiger partial charge in [-0.15, -0.1) is 11.3 Å². The predicted molar refractivity (Wildman–Crippen MR) is 107 cm³/mol. The van der Waals surface area contributed by atoms with Gasteiger partial charge in [0.15, 0.2) is 5.13 Å². The predicted octanol–water partition coefficient (Wildman–Crippen LogP) is 0.424. The van der Waals surface area contributed by atoms with Crippen molar-refractivity contribution < 1.29 is 66.1 Å². The zero-order valence-electron chi connectivity index (χ0n) is 15.4. The molecule has 6 nitrogen and oxygen atoms in total. The van der Waals surface area contributed by atoms with Crippen LogP contribution in [0.1, 0.15) is 10.5 Å². The van der Waals surface area contributed by atoms with Crippen molar-refractivity contribution in [3.8, 4) is 11.3 Å². The first-order valence-corrected chi connectivity index (χ1v) is 9.58. The minimum absolute atomic E-state index is 0. The molecule has 0 aliphatic rings. The van der Waals surface area contributed by atoms with Crippen LogP contribution in [-0.2, 0) is 11.3 Å². The molecule has 4 aromatic rings. The van der Waals surface area contributed by atoms with Crippen molar-refractivity contribution in [1.29, 1.82) is 0 Å². The molecule has 0 fully saturated rings. The monoisotopic (exact) mass is 449 g/mol. The summed E-state index contributed by atoms with van der Waals surface area (Å²) in [5, 5.41) is 17.4. The first-order valence-electron chi connectivity index (χ1n) is 8.33. The number of benzene rings is 2. The number of halogens is 1. The first kappa shape index (κ1) is 22.2. The number of hydrogen-bond acceptors (Lipinski definition) is 5. The second-order valence-electron chi connectivity index (χ2n) is 6.02. The van der Waals surface area contributed by atoms with Crippen LogP contribution in [0.4, 0.5) is 5.13 Å². The van der Waals surface area contributed by atoms with Crippen molar-refractivity contribution in [2.45, 2.75) is 6.54 Å². The van der Waals surface area contributed by atoms with Crippen LogP contribution >= 0.6 is 22.9 Å². The molecule has 0 spiro atoms. The number of nitrogens with one attached hydrogen (secondary N) is 1. The number of hydrogen-bond donors (Lipinski definition) is 1. The van der Waals surface area contributed by atoms with E-state index in [-0.39, 0.29) is 57.1 Å². The van der Waals surface area contributed by atoms with Gasteiger partial charge in [-0.25, -0.2) is 4.98 Å². The van der Waals surface area contributed by atoms with E-state index in [0.717, 1.165) is 10.9 Å². The van der Waals surface area contributed by atoms with E-state index in [1.54, 1.807) is 29.6 Å². The van der Waals surface area contributed by atoms with Crippen LogP contribution in [-0.4, -0.2) is 21.4 Å². The summed E-state index contributed by atoms with van der Waals surface area (Å²) in [5.41, 5.74) is 2.29. The van der Waals surface area contributed by atoms with Gasteiger partial charge in [0.05, 0.1) is 18.2 Å². The molecule has 0 aliphatic heterocycles. The standard InChI is InChI=1S/C20H14ClN3O3S.K/c21-14-7-3-2-6-13(14)15-11-28-20(22-15)23-19(27)17-9-12-5-1-4-8-16(12)24(17)10-18(25)26;/h1-9,11H,10H2,(H,25,26)(H,22,23,27);/q;+1/p-1. The number of thiazole rings is 1. The quantitative estimate of drug-likeness (QED) is 0.447. The van der Waals surface area contributed by atoms with Gasteiger partial charge in [0.2, 0.25) is 0 Å². The number of aliphatic carboxylic acids is 1. The van der Waals surface area contributed by atoms with E-state index in [0.29, 0.717) is 21.4 Å². The van der Waals surface area contributed by atoms with E-state index in [1.807, 2.05) is 30.3 Å². The molecule has 0 atom stereocenters. The fourth-order valence-electron chi connectivity index (χ4n) is 2.98. The third kappa shape index (κ3) is 4.80. The topological polar surface area (TPSA) is 87.0 Å². The number of nitrogens with zero attached hydrogens (tertiary/aromatic N) is 2. The maximum absolute atomic E-state index is 12.8. The first-order chi connectivity index (χ1) is 13.5. The van der Waals surface area contributed by atoms with Crippen molar-refractivity contribution in [2.24, 2.45) is 0 Å². The number of aromatic nitrogens is 2.